The summed E-state index contributed by atoms with van der Waals surface area (Å²) in [5, 5.41) is 10.6. The van der Waals surface area contributed by atoms with Gasteiger partial charge < -0.3 is 57.2 Å². The number of aliphatic carboxylic acids is 1. The Morgan fingerprint density at radius 3 is 1.75 bits per heavy atom. The third-order valence-corrected chi connectivity index (χ3v) is 7.05. The van der Waals surface area contributed by atoms with Crippen LogP contribution in [0.15, 0.2) is 0 Å². The van der Waals surface area contributed by atoms with Crippen LogP contribution in [0.3, 0.4) is 0 Å². The van der Waals surface area contributed by atoms with Gasteiger partial charge in [-0.25, -0.2) is 4.79 Å². The first-order valence-corrected chi connectivity index (χ1v) is 13.9. The molecule has 0 spiro atoms. The molecule has 4 fully saturated rings. The number of carbonyl (C=O) groups excluding carboxylic acids is 4. The zero-order valence-corrected chi connectivity index (χ0v) is 25.6. The molecule has 17 heteroatoms. The molecule has 0 radical (unpaired) electrons. The van der Waals surface area contributed by atoms with Gasteiger partial charge in [-0.2, -0.15) is 0 Å². The van der Waals surface area contributed by atoms with Crippen molar-refractivity contribution in [2.24, 2.45) is 0 Å². The lowest BCUT2D eigenvalue weighted by atomic mass is 9.91. The van der Waals surface area contributed by atoms with Crippen molar-refractivity contribution >= 4 is 29.8 Å². The Balaban J connectivity index is 1.72. The van der Waals surface area contributed by atoms with E-state index in [9.17, 15) is 29.1 Å². The van der Waals surface area contributed by atoms with Crippen molar-refractivity contribution < 1.29 is 81.2 Å². The predicted octanol–water partition coefficient (Wildman–Crippen LogP) is -0.0626. The van der Waals surface area contributed by atoms with E-state index in [0.717, 1.165) is 27.7 Å². The maximum atomic E-state index is 13.0. The van der Waals surface area contributed by atoms with Crippen LogP contribution in [0.2, 0.25) is 0 Å². The number of esters is 4. The van der Waals surface area contributed by atoms with Gasteiger partial charge in [-0.05, 0) is 27.7 Å². The highest BCUT2D eigenvalue weighted by Crippen LogP contribution is 2.45. The summed E-state index contributed by atoms with van der Waals surface area (Å²) in [4.78, 5) is 61.2. The van der Waals surface area contributed by atoms with Crippen LogP contribution >= 0.6 is 0 Å². The van der Waals surface area contributed by atoms with E-state index in [-0.39, 0.29) is 0 Å². The van der Waals surface area contributed by atoms with Crippen LogP contribution in [0.1, 0.15) is 55.4 Å². The van der Waals surface area contributed by atoms with Gasteiger partial charge in [-0.15, -0.1) is 0 Å². The summed E-state index contributed by atoms with van der Waals surface area (Å²) in [6, 6.07) is 0. The Hall–Kier alpha value is -2.93. The van der Waals surface area contributed by atoms with Crippen LogP contribution in [-0.2, 0) is 76.1 Å². The van der Waals surface area contributed by atoms with E-state index in [2.05, 4.69) is 0 Å². The summed E-state index contributed by atoms with van der Waals surface area (Å²) in [7, 11) is 0. The number of carboxylic acids is 1. The van der Waals surface area contributed by atoms with Gasteiger partial charge in [-0.1, -0.05) is 0 Å². The number of hydrogen-bond acceptors (Lipinski definition) is 16. The highest BCUT2D eigenvalue weighted by atomic mass is 16.9. The summed E-state index contributed by atoms with van der Waals surface area (Å²) in [6.07, 6.45) is -11.2. The topological polar surface area (TPSA) is 207 Å². The van der Waals surface area contributed by atoms with E-state index in [4.69, 9.17) is 52.1 Å². The first kappa shape index (κ1) is 34.0. The smallest absolute Gasteiger partial charge is 0.368 e. The van der Waals surface area contributed by atoms with E-state index < -0.39 is 116 Å². The van der Waals surface area contributed by atoms with Gasteiger partial charge in [0.25, 0.3) is 0 Å². The molecule has 0 aromatic rings. The van der Waals surface area contributed by atoms with Crippen LogP contribution in [0.4, 0.5) is 0 Å². The van der Waals surface area contributed by atoms with E-state index >= 15 is 0 Å². The van der Waals surface area contributed by atoms with Gasteiger partial charge in [0.1, 0.15) is 37.1 Å². The van der Waals surface area contributed by atoms with Crippen LogP contribution in [0.5, 0.6) is 0 Å². The van der Waals surface area contributed by atoms with E-state index in [0.29, 0.717) is 0 Å². The van der Waals surface area contributed by atoms with Gasteiger partial charge >= 0.3 is 35.6 Å². The Morgan fingerprint density at radius 2 is 1.18 bits per heavy atom. The Kier molecular flexibility index (Phi) is 9.61. The minimum Gasteiger partial charge on any atom is -0.477 e. The molecule has 0 saturated carbocycles. The fourth-order valence-corrected chi connectivity index (χ4v) is 5.65. The number of fused-ring (bicyclic) bond motifs is 3. The third-order valence-electron chi connectivity index (χ3n) is 7.05. The maximum Gasteiger partial charge on any atom is 0.368 e. The van der Waals surface area contributed by atoms with Crippen molar-refractivity contribution in [3.05, 3.63) is 0 Å². The Morgan fingerprint density at radius 1 is 0.636 bits per heavy atom. The molecule has 4 aliphatic heterocycles. The number of rotatable bonds is 9. The highest BCUT2D eigenvalue weighted by molar-refractivity contribution is 5.78. The van der Waals surface area contributed by atoms with Crippen LogP contribution in [-0.4, -0.2) is 121 Å². The second-order valence-corrected chi connectivity index (χ2v) is 11.6. The molecule has 0 amide bonds. The molecule has 248 valence electrons. The molecule has 0 bridgehead atoms. The van der Waals surface area contributed by atoms with Crippen molar-refractivity contribution in [2.45, 2.75) is 128 Å². The van der Waals surface area contributed by atoms with Gasteiger partial charge in [0.05, 0.1) is 6.61 Å². The second kappa shape index (κ2) is 12.5. The summed E-state index contributed by atoms with van der Waals surface area (Å²) in [5.74, 6) is -10.4. The molecule has 1 N–H and O–H groups in total. The van der Waals surface area contributed by atoms with Crippen molar-refractivity contribution in [3.8, 4) is 0 Å². The van der Waals surface area contributed by atoms with E-state index in [1.807, 2.05) is 0 Å². The van der Waals surface area contributed by atoms with Gasteiger partial charge in [0, 0.05) is 27.7 Å². The molecule has 44 heavy (non-hydrogen) atoms. The minimum atomic E-state index is -2.91. The minimum absolute atomic E-state index is 0.580. The van der Waals surface area contributed by atoms with Gasteiger partial charge in [0.15, 0.2) is 30.1 Å². The van der Waals surface area contributed by atoms with Crippen molar-refractivity contribution in [1.29, 1.82) is 0 Å². The molecule has 0 unspecified atom stereocenters. The summed E-state index contributed by atoms with van der Waals surface area (Å²) in [5.41, 5.74) is 0. The molecule has 0 aromatic carbocycles. The first-order valence-electron chi connectivity index (χ1n) is 13.9. The summed E-state index contributed by atoms with van der Waals surface area (Å²) in [6.45, 7) is 9.60. The Labute approximate surface area is 252 Å². The molecular weight excluding hydrogens is 596 g/mol. The molecule has 4 aliphatic rings. The molecule has 0 aliphatic carbocycles. The molecule has 10 atom stereocenters. The lowest BCUT2D eigenvalue weighted by Gasteiger charge is -2.49. The predicted molar refractivity (Wildman–Crippen MR) is 137 cm³/mol. The highest BCUT2D eigenvalue weighted by Gasteiger charge is 2.67. The number of carbonyl (C=O) groups is 5. The van der Waals surface area contributed by atoms with Crippen molar-refractivity contribution in [3.63, 3.8) is 0 Å². The molecule has 4 rings (SSSR count). The molecule has 4 saturated heterocycles. The molecule has 17 nitrogen and oxygen atoms in total. The first-order chi connectivity index (χ1) is 20.3. The average Bonchev–Trinajstić information content (AvgIpc) is 3.37. The van der Waals surface area contributed by atoms with Crippen LogP contribution in [0.25, 0.3) is 0 Å². The fourth-order valence-electron chi connectivity index (χ4n) is 5.65. The van der Waals surface area contributed by atoms with Gasteiger partial charge in [-0.3, -0.25) is 19.2 Å². The number of hydrogen-bond donors (Lipinski definition) is 1. The summed E-state index contributed by atoms with van der Waals surface area (Å²) >= 11 is 0. The van der Waals surface area contributed by atoms with Gasteiger partial charge in [0.2, 0.25) is 6.10 Å². The lowest BCUT2D eigenvalue weighted by Crippen LogP contribution is -2.72. The molecule has 0 aromatic heterocycles. The zero-order valence-electron chi connectivity index (χ0n) is 25.6. The SMILES string of the molecule is CC(=O)OC[C@H]1O[C@@](OC[C@H]2O[C@@H]3OC(C)(C)O[C@@H]3[C@H]3OC(C)(C)O[C@H]32)(C(=O)O)[C@@H](OC(C)=O)[C@@H](OC(C)=O)[C@@H]1OC(C)=O. The van der Waals surface area contributed by atoms with Crippen molar-refractivity contribution in [2.75, 3.05) is 13.2 Å². The number of carboxylic acid groups (broad SMARTS) is 1. The second-order valence-electron chi connectivity index (χ2n) is 11.6. The largest absolute Gasteiger partial charge is 0.477 e. The third kappa shape index (κ3) is 7.14. The maximum absolute atomic E-state index is 13.0. The average molecular weight is 635 g/mol. The normalized spacial score (nSPS) is 38.5. The zero-order chi connectivity index (χ0) is 32.8. The monoisotopic (exact) mass is 634 g/mol. The van der Waals surface area contributed by atoms with E-state index in [1.165, 1.54) is 0 Å². The molecular formula is C27H38O17. The summed E-state index contributed by atoms with van der Waals surface area (Å²) < 4.78 is 62.9. The Bertz CT molecular complexity index is 1150. The fraction of sp³-hybridized carbons (Fsp3) is 0.815. The quantitative estimate of drug-likeness (QED) is 0.260. The van der Waals surface area contributed by atoms with Crippen LogP contribution in [0, 0.1) is 0 Å². The lowest BCUT2D eigenvalue weighted by molar-refractivity contribution is -0.362. The van der Waals surface area contributed by atoms with Crippen LogP contribution < -0.4 is 0 Å². The van der Waals surface area contributed by atoms with Crippen molar-refractivity contribution in [1.82, 2.24) is 0 Å². The standard InChI is InChI=1S/C27H38O17/c1-11(28)34-9-16-17(36-12(2)29)20(37-13(3)30)22(38-14(4)31)27(40-16,24(32)33)35-10-15-18-19(42-25(5,6)41-18)21-23(39-15)44-26(7,8)43-21/h15-23H,9-10H2,1-8H3,(H,32,33)/t15-,16-,17-,18+,19+,20+,21-,22+,23-,27-/m1/s1. The number of ether oxygens (including phenoxy) is 11. The molecule has 4 heterocycles. The van der Waals surface area contributed by atoms with E-state index in [1.54, 1.807) is 27.7 Å².